The van der Waals surface area contributed by atoms with E-state index >= 15 is 0 Å². The Hall–Kier alpha value is -2.33. The van der Waals surface area contributed by atoms with Crippen LogP contribution < -0.4 is 20.7 Å². The number of methoxy groups -OCH3 is 1. The summed E-state index contributed by atoms with van der Waals surface area (Å²) in [7, 11) is 5.11. The second-order valence-electron chi connectivity index (χ2n) is 7.42. The number of ether oxygens (including phenoxy) is 1. The molecule has 7 nitrogen and oxygen atoms in total. The number of nitrogens with one attached hydrogen (secondary N) is 3. The number of guanidine groups is 1. The van der Waals surface area contributed by atoms with Crippen molar-refractivity contribution in [2.45, 2.75) is 26.3 Å². The molecule has 0 heterocycles. The lowest BCUT2D eigenvalue weighted by Crippen LogP contribution is -2.43. The lowest BCUT2D eigenvalue weighted by molar-refractivity contribution is 0.0963. The first-order valence-corrected chi connectivity index (χ1v) is 11.2. The van der Waals surface area contributed by atoms with Crippen molar-refractivity contribution in [2.75, 3.05) is 47.4 Å². The summed E-state index contributed by atoms with van der Waals surface area (Å²) in [6.45, 7) is 7.70. The molecule has 2 aromatic carbocycles. The van der Waals surface area contributed by atoms with Gasteiger partial charge in [0, 0.05) is 32.7 Å². The predicted octanol–water partition coefficient (Wildman–Crippen LogP) is 3.46. The van der Waals surface area contributed by atoms with Crippen molar-refractivity contribution in [3.05, 3.63) is 65.2 Å². The normalized spacial score (nSPS) is 12.0. The van der Waals surface area contributed by atoms with Crippen LogP contribution in [0.3, 0.4) is 0 Å². The van der Waals surface area contributed by atoms with Gasteiger partial charge in [-0.3, -0.25) is 14.7 Å². The van der Waals surface area contributed by atoms with E-state index in [0.717, 1.165) is 43.3 Å². The molecule has 0 aromatic heterocycles. The number of hydrogen-bond donors (Lipinski definition) is 3. The highest BCUT2D eigenvalue weighted by atomic mass is 127. The molecular formula is C25H38IN5O2. The zero-order valence-corrected chi connectivity index (χ0v) is 22.7. The summed E-state index contributed by atoms with van der Waals surface area (Å²) in [6.07, 6.45) is 0.793. The van der Waals surface area contributed by atoms with E-state index in [2.05, 4.69) is 51.8 Å². The van der Waals surface area contributed by atoms with Crippen LogP contribution in [0.4, 0.5) is 0 Å². The minimum absolute atomic E-state index is 0. The lowest BCUT2D eigenvalue weighted by Gasteiger charge is -2.31. The van der Waals surface area contributed by atoms with E-state index in [-0.39, 0.29) is 35.9 Å². The van der Waals surface area contributed by atoms with Crippen LogP contribution in [0.2, 0.25) is 0 Å². The quantitative estimate of drug-likeness (QED) is 0.220. The standard InChI is InChI=1S/C25H37N5O2.HI/c1-6-30(7-2)23(20-11-9-13-22(17-20)32-5)18-29-25(27-4)28-15-14-19-10-8-12-21(16-19)24(31)26-3;/h8-13,16-17,23H,6-7,14-15,18H2,1-5H3,(H,26,31)(H2,27,28,29);1H. The largest absolute Gasteiger partial charge is 0.497 e. The molecule has 1 atom stereocenters. The molecule has 0 aliphatic carbocycles. The van der Waals surface area contributed by atoms with Crippen LogP contribution in [0, 0.1) is 0 Å². The topological polar surface area (TPSA) is 78.0 Å². The smallest absolute Gasteiger partial charge is 0.251 e. The molecule has 0 radical (unpaired) electrons. The molecule has 8 heteroatoms. The first-order chi connectivity index (χ1) is 15.6. The third-order valence-electron chi connectivity index (χ3n) is 5.54. The number of nitrogens with zero attached hydrogens (tertiary/aromatic N) is 2. The number of carbonyl (C=O) groups is 1. The van der Waals surface area contributed by atoms with Crippen LogP contribution in [0.15, 0.2) is 53.5 Å². The second-order valence-corrected chi connectivity index (χ2v) is 7.42. The van der Waals surface area contributed by atoms with Gasteiger partial charge >= 0.3 is 0 Å². The number of hydrogen-bond acceptors (Lipinski definition) is 4. The zero-order valence-electron chi connectivity index (χ0n) is 20.4. The molecule has 0 saturated carbocycles. The minimum Gasteiger partial charge on any atom is -0.497 e. The fraction of sp³-hybridized carbons (Fsp3) is 0.440. The van der Waals surface area contributed by atoms with Gasteiger partial charge in [0.25, 0.3) is 5.91 Å². The number of carbonyl (C=O) groups excluding carboxylic acids is 1. The zero-order chi connectivity index (χ0) is 23.3. The van der Waals surface area contributed by atoms with Crippen molar-refractivity contribution in [3.63, 3.8) is 0 Å². The Morgan fingerprint density at radius 1 is 1.09 bits per heavy atom. The molecule has 1 unspecified atom stereocenters. The van der Waals surface area contributed by atoms with Crippen LogP contribution >= 0.6 is 24.0 Å². The second kappa shape index (κ2) is 15.5. The van der Waals surface area contributed by atoms with Crippen molar-refractivity contribution < 1.29 is 9.53 Å². The minimum atomic E-state index is -0.0720. The fourth-order valence-corrected chi connectivity index (χ4v) is 3.72. The summed E-state index contributed by atoms with van der Waals surface area (Å²) in [5.74, 6) is 1.55. The van der Waals surface area contributed by atoms with E-state index in [1.807, 2.05) is 36.4 Å². The summed E-state index contributed by atoms with van der Waals surface area (Å²) in [6, 6.07) is 16.1. The molecule has 0 saturated heterocycles. The van der Waals surface area contributed by atoms with Crippen LogP contribution in [-0.4, -0.2) is 64.2 Å². The van der Waals surface area contributed by atoms with Gasteiger partial charge in [-0.15, -0.1) is 24.0 Å². The summed E-state index contributed by atoms with van der Waals surface area (Å²) >= 11 is 0. The molecule has 1 amide bonds. The van der Waals surface area contributed by atoms with Gasteiger partial charge in [0.2, 0.25) is 0 Å². The van der Waals surface area contributed by atoms with Crippen molar-refractivity contribution in [1.82, 2.24) is 20.9 Å². The summed E-state index contributed by atoms with van der Waals surface area (Å²) in [5.41, 5.74) is 2.99. The summed E-state index contributed by atoms with van der Waals surface area (Å²) in [4.78, 5) is 18.6. The molecule has 2 rings (SSSR count). The van der Waals surface area contributed by atoms with E-state index in [0.29, 0.717) is 12.1 Å². The highest BCUT2D eigenvalue weighted by Crippen LogP contribution is 2.23. The third kappa shape index (κ3) is 8.85. The SMILES string of the molecule is CCN(CC)C(CNC(=NC)NCCc1cccc(C(=O)NC)c1)c1cccc(OC)c1.I. The lowest BCUT2D eigenvalue weighted by atomic mass is 10.0. The maximum Gasteiger partial charge on any atom is 0.251 e. The number of halogens is 1. The third-order valence-corrected chi connectivity index (χ3v) is 5.54. The van der Waals surface area contributed by atoms with Crippen molar-refractivity contribution in [1.29, 1.82) is 0 Å². The molecule has 0 bridgehead atoms. The molecular weight excluding hydrogens is 529 g/mol. The molecule has 0 fully saturated rings. The average molecular weight is 568 g/mol. The van der Waals surface area contributed by atoms with Gasteiger partial charge in [-0.25, -0.2) is 0 Å². The van der Waals surface area contributed by atoms with Gasteiger partial charge in [-0.2, -0.15) is 0 Å². The number of rotatable bonds is 11. The van der Waals surface area contributed by atoms with E-state index in [1.54, 1.807) is 21.2 Å². The summed E-state index contributed by atoms with van der Waals surface area (Å²) in [5, 5.41) is 9.51. The molecule has 0 aliphatic rings. The maximum atomic E-state index is 11.8. The predicted molar refractivity (Wildman–Crippen MR) is 147 cm³/mol. The number of benzene rings is 2. The Kier molecular flexibility index (Phi) is 13.5. The Balaban J connectivity index is 0.00000544. The first kappa shape index (κ1) is 28.7. The van der Waals surface area contributed by atoms with E-state index in [4.69, 9.17) is 4.74 Å². The Labute approximate surface area is 215 Å². The molecule has 2 aromatic rings. The number of amides is 1. The van der Waals surface area contributed by atoms with E-state index in [9.17, 15) is 4.79 Å². The average Bonchev–Trinajstić information content (AvgIpc) is 2.84. The Bertz CT molecular complexity index is 887. The molecule has 33 heavy (non-hydrogen) atoms. The van der Waals surface area contributed by atoms with E-state index in [1.165, 1.54) is 5.56 Å². The molecule has 0 aliphatic heterocycles. The monoisotopic (exact) mass is 567 g/mol. The Morgan fingerprint density at radius 3 is 2.45 bits per heavy atom. The highest BCUT2D eigenvalue weighted by molar-refractivity contribution is 14.0. The molecule has 3 N–H and O–H groups in total. The Morgan fingerprint density at radius 2 is 1.82 bits per heavy atom. The first-order valence-electron chi connectivity index (χ1n) is 11.2. The van der Waals surface area contributed by atoms with Gasteiger partial charge in [0.1, 0.15) is 5.75 Å². The van der Waals surface area contributed by atoms with Crippen molar-refractivity contribution >= 4 is 35.8 Å². The van der Waals surface area contributed by atoms with Crippen LogP contribution in [-0.2, 0) is 6.42 Å². The van der Waals surface area contributed by atoms with Crippen LogP contribution in [0.5, 0.6) is 5.75 Å². The van der Waals surface area contributed by atoms with Gasteiger partial charge in [0.05, 0.1) is 13.2 Å². The fourth-order valence-electron chi connectivity index (χ4n) is 3.72. The van der Waals surface area contributed by atoms with Crippen LogP contribution in [0.25, 0.3) is 0 Å². The van der Waals surface area contributed by atoms with Gasteiger partial charge in [-0.05, 0) is 54.9 Å². The van der Waals surface area contributed by atoms with Gasteiger partial charge in [0.15, 0.2) is 5.96 Å². The molecule has 0 spiro atoms. The summed E-state index contributed by atoms with van der Waals surface area (Å²) < 4.78 is 5.42. The maximum absolute atomic E-state index is 11.8. The number of aliphatic imine (C=N–C) groups is 1. The molecule has 182 valence electrons. The van der Waals surface area contributed by atoms with Crippen molar-refractivity contribution in [2.24, 2.45) is 4.99 Å². The van der Waals surface area contributed by atoms with Crippen LogP contribution in [0.1, 0.15) is 41.4 Å². The number of likely N-dealkylation sites (N-methyl/N-ethyl adjacent to an activating group) is 1. The van der Waals surface area contributed by atoms with Gasteiger partial charge in [-0.1, -0.05) is 38.1 Å². The van der Waals surface area contributed by atoms with Gasteiger partial charge < -0.3 is 20.7 Å². The van der Waals surface area contributed by atoms with Crippen molar-refractivity contribution in [3.8, 4) is 5.75 Å². The highest BCUT2D eigenvalue weighted by Gasteiger charge is 2.19. The van der Waals surface area contributed by atoms with E-state index < -0.39 is 0 Å².